The first-order chi connectivity index (χ1) is 13.5. The van der Waals surface area contributed by atoms with Crippen molar-refractivity contribution in [1.29, 1.82) is 0 Å². The number of piperazine rings is 1. The first-order valence-corrected chi connectivity index (χ1v) is 10.8. The molecule has 0 aromatic heterocycles. The predicted molar refractivity (Wildman–Crippen MR) is 108 cm³/mol. The van der Waals surface area contributed by atoms with Gasteiger partial charge < -0.3 is 9.80 Å². The summed E-state index contributed by atoms with van der Waals surface area (Å²) in [7, 11) is 0. The molecule has 2 amide bonds. The third kappa shape index (κ3) is 3.91. The van der Waals surface area contributed by atoms with Crippen molar-refractivity contribution in [2.75, 3.05) is 32.8 Å². The van der Waals surface area contributed by atoms with Crippen molar-refractivity contribution in [1.82, 2.24) is 4.90 Å². The molecule has 1 aliphatic carbocycles. The van der Waals surface area contributed by atoms with E-state index in [9.17, 15) is 9.59 Å². The van der Waals surface area contributed by atoms with E-state index < -0.39 is 0 Å². The number of carbonyl (C=O) groups excluding carboxylic acids is 2. The van der Waals surface area contributed by atoms with Gasteiger partial charge in [0.05, 0.1) is 11.8 Å². The van der Waals surface area contributed by atoms with Crippen molar-refractivity contribution in [3.8, 4) is 0 Å². The second kappa shape index (κ2) is 8.18. The Morgan fingerprint density at radius 3 is 1.96 bits per heavy atom. The summed E-state index contributed by atoms with van der Waals surface area (Å²) in [5.74, 6) is 0.498. The van der Waals surface area contributed by atoms with Gasteiger partial charge in [0.25, 0.3) is 0 Å². The Bertz CT molecular complexity index is 722. The van der Waals surface area contributed by atoms with Crippen LogP contribution in [-0.2, 0) is 16.1 Å². The van der Waals surface area contributed by atoms with Crippen LogP contribution in [0.15, 0.2) is 36.4 Å². The van der Waals surface area contributed by atoms with Crippen LogP contribution in [0.2, 0.25) is 0 Å². The average molecular weight is 384 g/mol. The Kier molecular flexibility index (Phi) is 5.65. The zero-order valence-electron chi connectivity index (χ0n) is 17.1. The molecule has 0 bridgehead atoms. The topological polar surface area (TPSA) is 46.3 Å². The number of carbonyl (C=O) groups is 2. The monoisotopic (exact) mass is 383 g/mol. The highest BCUT2D eigenvalue weighted by Gasteiger charge is 2.48. The number of benzene rings is 1. The molecule has 2 saturated heterocycles. The van der Waals surface area contributed by atoms with E-state index in [4.69, 9.17) is 0 Å². The molecule has 0 saturated carbocycles. The summed E-state index contributed by atoms with van der Waals surface area (Å²) in [5, 5.41) is 0. The van der Waals surface area contributed by atoms with Gasteiger partial charge in [-0.2, -0.15) is 0 Å². The molecule has 3 aliphatic rings. The van der Waals surface area contributed by atoms with Crippen LogP contribution in [0.4, 0.5) is 0 Å². The number of hydrogen-bond acceptors (Lipinski definition) is 2. The molecular weight excluding hydrogens is 350 g/mol. The maximum absolute atomic E-state index is 12.7. The lowest BCUT2D eigenvalue weighted by atomic mass is 9.85. The Labute approximate surface area is 168 Å². The first kappa shape index (κ1) is 19.3. The Hall–Kier alpha value is -1.98. The third-order valence-corrected chi connectivity index (χ3v) is 6.75. The number of amides is 2. The molecule has 5 nitrogen and oxygen atoms in total. The van der Waals surface area contributed by atoms with Crippen LogP contribution in [-0.4, -0.2) is 49.6 Å². The van der Waals surface area contributed by atoms with E-state index in [1.165, 1.54) is 16.0 Å². The molecule has 5 heteroatoms. The molecule has 2 heterocycles. The first-order valence-electron chi connectivity index (χ1n) is 10.8. The van der Waals surface area contributed by atoms with Crippen molar-refractivity contribution in [2.24, 2.45) is 11.8 Å². The van der Waals surface area contributed by atoms with Crippen molar-refractivity contribution in [3.63, 3.8) is 0 Å². The van der Waals surface area contributed by atoms with E-state index in [1.54, 1.807) is 9.80 Å². The molecule has 4 rings (SSSR count). The molecule has 28 heavy (non-hydrogen) atoms. The number of nitrogens with zero attached hydrogens (tertiary/aromatic N) is 1. The van der Waals surface area contributed by atoms with Crippen molar-refractivity contribution in [3.05, 3.63) is 47.5 Å². The lowest BCUT2D eigenvalue weighted by molar-refractivity contribution is -1.02. The van der Waals surface area contributed by atoms with Crippen LogP contribution in [0.3, 0.4) is 0 Å². The highest BCUT2D eigenvalue weighted by atomic mass is 16.2. The number of nitrogens with one attached hydrogen (secondary N) is 2. The standard InChI is InChI=1S/C23H31N3O2/c1-17(2)19-9-7-18(8-10-19)15-24-11-13-25(14-12-24)16-26-22(27)20-5-3-4-6-21(20)23(26)28/h3-4,7-10,17,20-21H,5-6,11-16H2,1-2H3/p+2/t20-,21-/m0/s1. The van der Waals surface area contributed by atoms with Crippen molar-refractivity contribution in [2.45, 2.75) is 39.2 Å². The lowest BCUT2D eigenvalue weighted by Crippen LogP contribution is -3.28. The molecule has 2 atom stereocenters. The summed E-state index contributed by atoms with van der Waals surface area (Å²) >= 11 is 0. The van der Waals surface area contributed by atoms with Gasteiger partial charge in [-0.3, -0.25) is 9.59 Å². The molecule has 150 valence electrons. The van der Waals surface area contributed by atoms with Crippen LogP contribution in [0.25, 0.3) is 0 Å². The molecule has 0 radical (unpaired) electrons. The fourth-order valence-electron chi connectivity index (χ4n) is 4.85. The molecule has 2 fully saturated rings. The number of fused-ring (bicyclic) bond motifs is 1. The highest BCUT2D eigenvalue weighted by molar-refractivity contribution is 6.05. The quantitative estimate of drug-likeness (QED) is 0.556. The summed E-state index contributed by atoms with van der Waals surface area (Å²) < 4.78 is 0. The van der Waals surface area contributed by atoms with E-state index >= 15 is 0 Å². The van der Waals surface area contributed by atoms with Gasteiger partial charge in [0.1, 0.15) is 32.7 Å². The van der Waals surface area contributed by atoms with Gasteiger partial charge in [-0.1, -0.05) is 50.3 Å². The van der Waals surface area contributed by atoms with E-state index in [2.05, 4.69) is 50.3 Å². The van der Waals surface area contributed by atoms with E-state index in [0.29, 0.717) is 12.6 Å². The lowest BCUT2D eigenvalue weighted by Gasteiger charge is -2.31. The SMILES string of the molecule is CC(C)c1ccc(C[NH+]2CC[NH+](CN3C(=O)[C@H]4CC=CC[C@@H]4C3=O)CC2)cc1. The Morgan fingerprint density at radius 1 is 0.893 bits per heavy atom. The van der Waals surface area contributed by atoms with Gasteiger partial charge in [0, 0.05) is 5.56 Å². The smallest absolute Gasteiger partial charge is 0.237 e. The van der Waals surface area contributed by atoms with Gasteiger partial charge in [-0.15, -0.1) is 0 Å². The summed E-state index contributed by atoms with van der Waals surface area (Å²) in [6.07, 6.45) is 5.57. The second-order valence-electron chi connectivity index (χ2n) is 8.99. The molecule has 1 aromatic rings. The van der Waals surface area contributed by atoms with Gasteiger partial charge in [0.2, 0.25) is 11.8 Å². The van der Waals surface area contributed by atoms with E-state index in [-0.39, 0.29) is 23.7 Å². The van der Waals surface area contributed by atoms with Crippen LogP contribution in [0.5, 0.6) is 0 Å². The van der Waals surface area contributed by atoms with Crippen LogP contribution in [0, 0.1) is 11.8 Å². The number of imide groups is 1. The Balaban J connectivity index is 1.27. The van der Waals surface area contributed by atoms with Crippen molar-refractivity contribution < 1.29 is 19.4 Å². The largest absolute Gasteiger partial charge is 0.322 e. The molecule has 0 spiro atoms. The minimum atomic E-state index is -0.0994. The average Bonchev–Trinajstić information content (AvgIpc) is 2.95. The predicted octanol–water partition coefficient (Wildman–Crippen LogP) is 0.00210. The van der Waals surface area contributed by atoms with Gasteiger partial charge in [0.15, 0.2) is 6.67 Å². The number of hydrogen-bond donors (Lipinski definition) is 2. The number of allylic oxidation sites excluding steroid dienone is 2. The third-order valence-electron chi connectivity index (χ3n) is 6.75. The molecular formula is C23H33N3O2+2. The minimum absolute atomic E-state index is 0.0619. The van der Waals surface area contributed by atoms with Crippen molar-refractivity contribution >= 4 is 11.8 Å². The van der Waals surface area contributed by atoms with E-state index in [1.807, 2.05) is 0 Å². The highest BCUT2D eigenvalue weighted by Crippen LogP contribution is 2.34. The molecule has 2 N–H and O–H groups in total. The maximum atomic E-state index is 12.7. The van der Waals surface area contributed by atoms with Gasteiger partial charge in [-0.05, 0) is 24.3 Å². The number of rotatable bonds is 5. The Morgan fingerprint density at radius 2 is 1.43 bits per heavy atom. The number of likely N-dealkylation sites (tertiary alicyclic amines) is 1. The fraction of sp³-hybridized carbons (Fsp3) is 0.565. The maximum Gasteiger partial charge on any atom is 0.237 e. The number of quaternary nitrogens is 2. The summed E-state index contributed by atoms with van der Waals surface area (Å²) in [6, 6.07) is 9.03. The molecule has 1 aromatic carbocycles. The van der Waals surface area contributed by atoms with Crippen LogP contribution < -0.4 is 9.80 Å². The zero-order chi connectivity index (χ0) is 19.7. The second-order valence-corrected chi connectivity index (χ2v) is 8.99. The van der Waals surface area contributed by atoms with Crippen LogP contribution in [0.1, 0.15) is 43.7 Å². The summed E-state index contributed by atoms with van der Waals surface area (Å²) in [5.41, 5.74) is 2.79. The zero-order valence-corrected chi connectivity index (χ0v) is 17.1. The van der Waals surface area contributed by atoms with E-state index in [0.717, 1.165) is 45.6 Å². The fourth-order valence-corrected chi connectivity index (χ4v) is 4.85. The van der Waals surface area contributed by atoms with Crippen LogP contribution >= 0.6 is 0 Å². The summed E-state index contributed by atoms with van der Waals surface area (Å²) in [6.45, 7) is 10.3. The summed E-state index contributed by atoms with van der Waals surface area (Å²) in [4.78, 5) is 29.8. The normalized spacial score (nSPS) is 30.2. The van der Waals surface area contributed by atoms with Gasteiger partial charge >= 0.3 is 0 Å². The molecule has 0 unspecified atom stereocenters. The van der Waals surface area contributed by atoms with Gasteiger partial charge in [-0.25, -0.2) is 4.90 Å². The molecule has 2 aliphatic heterocycles. The minimum Gasteiger partial charge on any atom is -0.322 e.